The summed E-state index contributed by atoms with van der Waals surface area (Å²) >= 11 is 6.69. The van der Waals surface area contributed by atoms with Gasteiger partial charge in [0.15, 0.2) is 4.67 Å². The molecule has 2 aromatic rings. The molecule has 0 bridgehead atoms. The van der Waals surface area contributed by atoms with Crippen LogP contribution >= 0.6 is 31.9 Å². The summed E-state index contributed by atoms with van der Waals surface area (Å²) in [6.45, 7) is 1.92. The highest BCUT2D eigenvalue weighted by Crippen LogP contribution is 2.27. The number of nitrogens with zero attached hydrogens (tertiary/aromatic N) is 2. The molecule has 1 N–H and O–H groups in total. The summed E-state index contributed by atoms with van der Waals surface area (Å²) in [5.74, 6) is 0.544. The molecule has 0 amide bonds. The molecule has 0 fully saturated rings. The van der Waals surface area contributed by atoms with E-state index in [0.29, 0.717) is 16.9 Å². The van der Waals surface area contributed by atoms with Gasteiger partial charge in [0.2, 0.25) is 0 Å². The van der Waals surface area contributed by atoms with Gasteiger partial charge >= 0.3 is 0 Å². The minimum atomic E-state index is -0.674. The Labute approximate surface area is 116 Å². The van der Waals surface area contributed by atoms with Crippen LogP contribution in [0.25, 0.3) is 0 Å². The molecule has 6 heteroatoms. The highest BCUT2D eigenvalue weighted by atomic mass is 79.9. The van der Waals surface area contributed by atoms with E-state index < -0.39 is 6.10 Å². The summed E-state index contributed by atoms with van der Waals surface area (Å²) < 4.78 is 8.64. The van der Waals surface area contributed by atoms with Gasteiger partial charge in [0.05, 0.1) is 15.9 Å². The number of hydrogen-bond acceptors (Lipinski definition) is 3. The molecule has 4 nitrogen and oxygen atoms in total. The highest BCUT2D eigenvalue weighted by molar-refractivity contribution is 9.10. The Bertz CT molecular complexity index is 534. The number of aliphatic hydroxyl groups is 1. The fourth-order valence-corrected chi connectivity index (χ4v) is 2.51. The third kappa shape index (κ3) is 2.64. The largest absolute Gasteiger partial charge is 0.452 e. The third-order valence-corrected chi connectivity index (χ3v) is 4.03. The lowest BCUT2D eigenvalue weighted by Crippen LogP contribution is -2.06. The molecular formula is C11H12Br2N2O2. The predicted octanol–water partition coefficient (Wildman–Crippen LogP) is 3.12. The number of halogens is 2. The van der Waals surface area contributed by atoms with Gasteiger partial charge in [0.25, 0.3) is 0 Å². The second-order valence-electron chi connectivity index (χ2n) is 3.83. The zero-order valence-corrected chi connectivity index (χ0v) is 12.6. The highest BCUT2D eigenvalue weighted by Gasteiger charge is 2.18. The summed E-state index contributed by atoms with van der Waals surface area (Å²) in [5.41, 5.74) is 1.86. The van der Waals surface area contributed by atoms with Crippen LogP contribution in [-0.4, -0.2) is 14.9 Å². The standard InChI is InChI=1S/C11H12Br2N2O2/c1-6-11(13)7(15(2)14-6)5-8(16)9-3-4-10(12)17-9/h3-4,8,16H,5H2,1-2H3. The van der Waals surface area contributed by atoms with Crippen molar-refractivity contribution in [2.24, 2.45) is 7.05 Å². The van der Waals surface area contributed by atoms with Crippen molar-refractivity contribution in [2.75, 3.05) is 0 Å². The van der Waals surface area contributed by atoms with E-state index in [1.807, 2.05) is 14.0 Å². The normalized spacial score (nSPS) is 13.0. The summed E-state index contributed by atoms with van der Waals surface area (Å²) in [5, 5.41) is 14.4. The maximum atomic E-state index is 10.1. The van der Waals surface area contributed by atoms with Crippen LogP contribution in [0.15, 0.2) is 25.7 Å². The van der Waals surface area contributed by atoms with Gasteiger partial charge in [-0.05, 0) is 50.9 Å². The van der Waals surface area contributed by atoms with Crippen LogP contribution in [0.5, 0.6) is 0 Å². The molecule has 2 heterocycles. The minimum absolute atomic E-state index is 0.456. The van der Waals surface area contributed by atoms with Crippen LogP contribution in [0.1, 0.15) is 23.3 Å². The zero-order valence-electron chi connectivity index (χ0n) is 9.44. The molecule has 0 saturated heterocycles. The van der Waals surface area contributed by atoms with Crippen LogP contribution in [0, 0.1) is 6.92 Å². The van der Waals surface area contributed by atoms with E-state index in [1.165, 1.54) is 0 Å². The Balaban J connectivity index is 2.21. The third-order valence-electron chi connectivity index (χ3n) is 2.57. The Morgan fingerprint density at radius 3 is 2.65 bits per heavy atom. The summed E-state index contributed by atoms with van der Waals surface area (Å²) in [7, 11) is 1.86. The fourth-order valence-electron chi connectivity index (χ4n) is 1.69. The van der Waals surface area contributed by atoms with Gasteiger partial charge in [-0.15, -0.1) is 0 Å². The second-order valence-corrected chi connectivity index (χ2v) is 5.41. The van der Waals surface area contributed by atoms with Crippen LogP contribution in [0.2, 0.25) is 0 Å². The molecule has 0 saturated carbocycles. The maximum absolute atomic E-state index is 10.1. The SMILES string of the molecule is Cc1nn(C)c(CC(O)c2ccc(Br)o2)c1Br. The molecular weight excluding hydrogens is 352 g/mol. The molecule has 92 valence electrons. The molecule has 2 rings (SSSR count). The van der Waals surface area contributed by atoms with Crippen LogP contribution in [0.3, 0.4) is 0 Å². The van der Waals surface area contributed by atoms with Gasteiger partial charge in [-0.2, -0.15) is 5.10 Å². The lowest BCUT2D eigenvalue weighted by atomic mass is 10.1. The van der Waals surface area contributed by atoms with E-state index in [9.17, 15) is 5.11 Å². The predicted molar refractivity (Wildman–Crippen MR) is 70.7 cm³/mol. The van der Waals surface area contributed by atoms with Gasteiger partial charge in [-0.25, -0.2) is 0 Å². The summed E-state index contributed by atoms with van der Waals surface area (Å²) in [4.78, 5) is 0. The number of furan rings is 1. The minimum Gasteiger partial charge on any atom is -0.452 e. The first kappa shape index (κ1) is 12.9. The molecule has 0 aliphatic rings. The average Bonchev–Trinajstić information content (AvgIpc) is 2.79. The van der Waals surface area contributed by atoms with Gasteiger partial charge in [-0.3, -0.25) is 4.68 Å². The topological polar surface area (TPSA) is 51.2 Å². The van der Waals surface area contributed by atoms with Crippen LogP contribution in [0.4, 0.5) is 0 Å². The number of aromatic nitrogens is 2. The Hall–Kier alpha value is -0.590. The number of aryl methyl sites for hydroxylation is 2. The number of aliphatic hydroxyl groups excluding tert-OH is 1. The van der Waals surface area contributed by atoms with Gasteiger partial charge in [0, 0.05) is 13.5 Å². The van der Waals surface area contributed by atoms with E-state index >= 15 is 0 Å². The first-order chi connectivity index (χ1) is 7.99. The molecule has 1 unspecified atom stereocenters. The lowest BCUT2D eigenvalue weighted by molar-refractivity contribution is 0.146. The van der Waals surface area contributed by atoms with Crippen molar-refractivity contribution in [2.45, 2.75) is 19.4 Å². The van der Waals surface area contributed by atoms with Crippen molar-refractivity contribution in [1.29, 1.82) is 0 Å². The quantitative estimate of drug-likeness (QED) is 0.911. The van der Waals surface area contributed by atoms with Crippen molar-refractivity contribution in [3.63, 3.8) is 0 Å². The molecule has 2 aromatic heterocycles. The van der Waals surface area contributed by atoms with Crippen molar-refractivity contribution in [3.8, 4) is 0 Å². The lowest BCUT2D eigenvalue weighted by Gasteiger charge is -2.08. The Morgan fingerprint density at radius 2 is 2.18 bits per heavy atom. The Morgan fingerprint density at radius 1 is 1.47 bits per heavy atom. The average molecular weight is 364 g/mol. The first-order valence-electron chi connectivity index (χ1n) is 5.10. The fraction of sp³-hybridized carbons (Fsp3) is 0.364. The van der Waals surface area contributed by atoms with Gasteiger partial charge < -0.3 is 9.52 Å². The summed E-state index contributed by atoms with van der Waals surface area (Å²) in [6, 6.07) is 3.52. The molecule has 0 radical (unpaired) electrons. The second kappa shape index (κ2) is 4.96. The Kier molecular flexibility index (Phi) is 3.75. The van der Waals surface area contributed by atoms with Gasteiger partial charge in [0.1, 0.15) is 11.9 Å². The molecule has 0 aliphatic carbocycles. The van der Waals surface area contributed by atoms with E-state index in [2.05, 4.69) is 37.0 Å². The van der Waals surface area contributed by atoms with E-state index in [0.717, 1.165) is 15.9 Å². The van der Waals surface area contributed by atoms with Crippen molar-refractivity contribution < 1.29 is 9.52 Å². The van der Waals surface area contributed by atoms with E-state index in [4.69, 9.17) is 4.42 Å². The smallest absolute Gasteiger partial charge is 0.169 e. The molecule has 0 aliphatic heterocycles. The zero-order chi connectivity index (χ0) is 12.6. The monoisotopic (exact) mass is 362 g/mol. The first-order valence-corrected chi connectivity index (χ1v) is 6.69. The van der Waals surface area contributed by atoms with E-state index in [1.54, 1.807) is 16.8 Å². The molecule has 17 heavy (non-hydrogen) atoms. The summed E-state index contributed by atoms with van der Waals surface area (Å²) in [6.07, 6.45) is -0.217. The van der Waals surface area contributed by atoms with Crippen LogP contribution in [-0.2, 0) is 13.5 Å². The molecule has 1 atom stereocenters. The maximum Gasteiger partial charge on any atom is 0.169 e. The van der Waals surface area contributed by atoms with Crippen molar-refractivity contribution in [1.82, 2.24) is 9.78 Å². The molecule has 0 aromatic carbocycles. The van der Waals surface area contributed by atoms with Crippen molar-refractivity contribution in [3.05, 3.63) is 38.4 Å². The number of rotatable bonds is 3. The van der Waals surface area contributed by atoms with Crippen LogP contribution < -0.4 is 0 Å². The molecule has 0 spiro atoms. The van der Waals surface area contributed by atoms with Crippen molar-refractivity contribution >= 4 is 31.9 Å². The van der Waals surface area contributed by atoms with Gasteiger partial charge in [-0.1, -0.05) is 0 Å². The number of hydrogen-bond donors (Lipinski definition) is 1. The van der Waals surface area contributed by atoms with E-state index in [-0.39, 0.29) is 0 Å².